The lowest BCUT2D eigenvalue weighted by molar-refractivity contribution is -0.115. The molecule has 0 saturated heterocycles. The number of aliphatic imine (C=N–C) groups is 1. The van der Waals surface area contributed by atoms with Gasteiger partial charge in [0, 0.05) is 26.4 Å². The smallest absolute Gasteiger partial charge is 0.243 e. The third kappa shape index (κ3) is 6.76. The van der Waals surface area contributed by atoms with Gasteiger partial charge < -0.3 is 20.7 Å². The van der Waals surface area contributed by atoms with Gasteiger partial charge in [-0.1, -0.05) is 19.1 Å². The number of methoxy groups -OCH3 is 1. The lowest BCUT2D eigenvalue weighted by Crippen LogP contribution is -2.42. The number of hydrogen-bond donors (Lipinski definition) is 3. The van der Waals surface area contributed by atoms with Crippen LogP contribution in [0.1, 0.15) is 12.5 Å². The van der Waals surface area contributed by atoms with E-state index in [1.807, 2.05) is 24.3 Å². The Balaban J connectivity index is 2.38. The molecule has 0 fully saturated rings. The van der Waals surface area contributed by atoms with Crippen LogP contribution in [0.15, 0.2) is 29.3 Å². The minimum absolute atomic E-state index is 0.113. The van der Waals surface area contributed by atoms with E-state index in [-0.39, 0.29) is 12.5 Å². The van der Waals surface area contributed by atoms with Crippen LogP contribution in [-0.4, -0.2) is 45.7 Å². The first kappa shape index (κ1) is 17.0. The number of benzene rings is 1. The highest BCUT2D eigenvalue weighted by atomic mass is 16.5. The second-order valence-corrected chi connectivity index (χ2v) is 4.45. The van der Waals surface area contributed by atoms with Crippen molar-refractivity contribution in [1.82, 2.24) is 10.6 Å². The Labute approximate surface area is 126 Å². The quantitative estimate of drug-likeness (QED) is 0.398. The summed E-state index contributed by atoms with van der Waals surface area (Å²) in [5.74, 6) is 0.461. The van der Waals surface area contributed by atoms with Crippen LogP contribution in [0.2, 0.25) is 0 Å². The normalized spacial score (nSPS) is 11.1. The summed E-state index contributed by atoms with van der Waals surface area (Å²) < 4.78 is 4.94. The van der Waals surface area contributed by atoms with Gasteiger partial charge in [-0.3, -0.25) is 9.79 Å². The van der Waals surface area contributed by atoms with Crippen LogP contribution in [0.25, 0.3) is 0 Å². The van der Waals surface area contributed by atoms with Gasteiger partial charge in [0.1, 0.15) is 0 Å². The fourth-order valence-corrected chi connectivity index (χ4v) is 1.73. The minimum Gasteiger partial charge on any atom is -0.383 e. The van der Waals surface area contributed by atoms with Gasteiger partial charge in [0.25, 0.3) is 0 Å². The molecule has 0 aliphatic rings. The molecule has 0 aromatic heterocycles. The van der Waals surface area contributed by atoms with Crippen molar-refractivity contribution in [3.05, 3.63) is 29.8 Å². The molecule has 0 bridgehead atoms. The number of nitrogens with zero attached hydrogens (tertiary/aromatic N) is 1. The highest BCUT2D eigenvalue weighted by molar-refractivity contribution is 5.95. The summed E-state index contributed by atoms with van der Waals surface area (Å²) in [6.45, 7) is 3.45. The zero-order chi connectivity index (χ0) is 15.5. The summed E-state index contributed by atoms with van der Waals surface area (Å²) in [4.78, 5) is 15.9. The van der Waals surface area contributed by atoms with E-state index in [1.165, 1.54) is 5.56 Å². The number of aryl methyl sites for hydroxylation is 1. The van der Waals surface area contributed by atoms with E-state index in [0.717, 1.165) is 12.1 Å². The van der Waals surface area contributed by atoms with Gasteiger partial charge in [-0.15, -0.1) is 0 Å². The zero-order valence-corrected chi connectivity index (χ0v) is 12.9. The molecule has 0 radical (unpaired) electrons. The highest BCUT2D eigenvalue weighted by Gasteiger charge is 2.04. The van der Waals surface area contributed by atoms with E-state index in [0.29, 0.717) is 19.1 Å². The van der Waals surface area contributed by atoms with Gasteiger partial charge in [0.15, 0.2) is 5.96 Å². The SMILES string of the molecule is CCc1cccc(NC(=O)CNC(=NC)NCCOC)c1. The van der Waals surface area contributed by atoms with Gasteiger partial charge in [0.2, 0.25) is 5.91 Å². The van der Waals surface area contributed by atoms with Crippen LogP contribution in [0, 0.1) is 0 Å². The maximum Gasteiger partial charge on any atom is 0.243 e. The topological polar surface area (TPSA) is 74.8 Å². The molecule has 1 amide bonds. The summed E-state index contributed by atoms with van der Waals surface area (Å²) in [7, 11) is 3.29. The van der Waals surface area contributed by atoms with E-state index < -0.39 is 0 Å². The number of amides is 1. The lowest BCUT2D eigenvalue weighted by atomic mass is 10.1. The third-order valence-electron chi connectivity index (χ3n) is 2.86. The molecule has 0 saturated carbocycles. The van der Waals surface area contributed by atoms with E-state index in [9.17, 15) is 4.79 Å². The first-order chi connectivity index (χ1) is 10.2. The van der Waals surface area contributed by atoms with Crippen molar-refractivity contribution in [2.24, 2.45) is 4.99 Å². The molecule has 0 unspecified atom stereocenters. The number of rotatable bonds is 7. The van der Waals surface area contributed by atoms with Crippen molar-refractivity contribution >= 4 is 17.6 Å². The molecule has 6 nitrogen and oxygen atoms in total. The van der Waals surface area contributed by atoms with Crippen molar-refractivity contribution in [2.75, 3.05) is 39.2 Å². The summed E-state index contributed by atoms with van der Waals surface area (Å²) in [5, 5.41) is 8.84. The molecule has 116 valence electrons. The van der Waals surface area contributed by atoms with Gasteiger partial charge in [-0.2, -0.15) is 0 Å². The number of hydrogen-bond acceptors (Lipinski definition) is 3. The number of carbonyl (C=O) groups is 1. The average Bonchev–Trinajstić information content (AvgIpc) is 2.51. The molecule has 3 N–H and O–H groups in total. The first-order valence-electron chi connectivity index (χ1n) is 7.01. The fourth-order valence-electron chi connectivity index (χ4n) is 1.73. The van der Waals surface area contributed by atoms with E-state index in [4.69, 9.17) is 4.74 Å². The Morgan fingerprint density at radius 3 is 2.81 bits per heavy atom. The van der Waals surface area contributed by atoms with E-state index in [1.54, 1.807) is 14.2 Å². The van der Waals surface area contributed by atoms with Crippen molar-refractivity contribution in [3.63, 3.8) is 0 Å². The average molecular weight is 292 g/mol. The summed E-state index contributed by atoms with van der Waals surface area (Å²) in [6, 6.07) is 7.83. The number of anilines is 1. The van der Waals surface area contributed by atoms with Crippen LogP contribution in [0.4, 0.5) is 5.69 Å². The Hall–Kier alpha value is -2.08. The number of ether oxygens (including phenoxy) is 1. The predicted octanol–water partition coefficient (Wildman–Crippen LogP) is 0.999. The van der Waals surface area contributed by atoms with Gasteiger partial charge in [-0.05, 0) is 24.1 Å². The maximum absolute atomic E-state index is 11.9. The summed E-state index contributed by atoms with van der Waals surface area (Å²) in [5.41, 5.74) is 2.00. The van der Waals surface area contributed by atoms with E-state index in [2.05, 4.69) is 27.9 Å². The van der Waals surface area contributed by atoms with Crippen molar-refractivity contribution < 1.29 is 9.53 Å². The Bertz CT molecular complexity index is 474. The largest absolute Gasteiger partial charge is 0.383 e. The van der Waals surface area contributed by atoms with Gasteiger partial charge in [0.05, 0.1) is 13.2 Å². The Morgan fingerprint density at radius 1 is 1.33 bits per heavy atom. The molecule has 0 aliphatic heterocycles. The fraction of sp³-hybridized carbons (Fsp3) is 0.467. The molecular formula is C15H24N4O2. The second kappa shape index (κ2) is 9.77. The Kier molecular flexibility index (Phi) is 7.89. The molecule has 0 spiro atoms. The van der Waals surface area contributed by atoms with Crippen LogP contribution in [-0.2, 0) is 16.0 Å². The van der Waals surface area contributed by atoms with Crippen LogP contribution in [0.3, 0.4) is 0 Å². The zero-order valence-electron chi connectivity index (χ0n) is 12.9. The van der Waals surface area contributed by atoms with Crippen LogP contribution < -0.4 is 16.0 Å². The highest BCUT2D eigenvalue weighted by Crippen LogP contribution is 2.10. The van der Waals surface area contributed by atoms with Crippen LogP contribution >= 0.6 is 0 Å². The van der Waals surface area contributed by atoms with Crippen molar-refractivity contribution in [2.45, 2.75) is 13.3 Å². The number of nitrogens with one attached hydrogen (secondary N) is 3. The molecule has 21 heavy (non-hydrogen) atoms. The maximum atomic E-state index is 11.9. The monoisotopic (exact) mass is 292 g/mol. The second-order valence-electron chi connectivity index (χ2n) is 4.45. The molecule has 0 aliphatic carbocycles. The van der Waals surface area contributed by atoms with E-state index >= 15 is 0 Å². The standard InChI is InChI=1S/C15H24N4O2/c1-4-12-6-5-7-13(10-12)19-14(20)11-18-15(16-2)17-8-9-21-3/h5-7,10H,4,8-9,11H2,1-3H3,(H,19,20)(H2,16,17,18). The number of carbonyl (C=O) groups excluding carboxylic acids is 1. The minimum atomic E-state index is -0.113. The molecule has 6 heteroatoms. The molecule has 0 atom stereocenters. The summed E-state index contributed by atoms with van der Waals surface area (Å²) >= 11 is 0. The van der Waals surface area contributed by atoms with Crippen LogP contribution in [0.5, 0.6) is 0 Å². The first-order valence-corrected chi connectivity index (χ1v) is 7.01. The predicted molar refractivity (Wildman–Crippen MR) is 85.7 cm³/mol. The molecule has 1 rings (SSSR count). The van der Waals surface area contributed by atoms with Crippen molar-refractivity contribution in [3.8, 4) is 0 Å². The molecule has 1 aromatic rings. The van der Waals surface area contributed by atoms with Gasteiger partial charge >= 0.3 is 0 Å². The molecule has 0 heterocycles. The lowest BCUT2D eigenvalue weighted by Gasteiger charge is -2.12. The third-order valence-corrected chi connectivity index (χ3v) is 2.86. The van der Waals surface area contributed by atoms with Crippen molar-refractivity contribution in [1.29, 1.82) is 0 Å². The molecular weight excluding hydrogens is 268 g/mol. The number of guanidine groups is 1. The van der Waals surface area contributed by atoms with Gasteiger partial charge in [-0.25, -0.2) is 0 Å². The molecule has 1 aromatic carbocycles. The summed E-state index contributed by atoms with van der Waals surface area (Å²) in [6.07, 6.45) is 0.942. The Morgan fingerprint density at radius 2 is 2.14 bits per heavy atom.